The van der Waals surface area contributed by atoms with E-state index >= 15 is 0 Å². The molecule has 1 aliphatic rings. The van der Waals surface area contributed by atoms with Gasteiger partial charge in [-0.25, -0.2) is 0 Å². The highest BCUT2D eigenvalue weighted by atomic mass is 16.5. The van der Waals surface area contributed by atoms with E-state index in [0.29, 0.717) is 6.54 Å². The maximum absolute atomic E-state index is 12.9. The monoisotopic (exact) mass is 363 g/mol. The zero-order valence-electron chi connectivity index (χ0n) is 15.6. The van der Waals surface area contributed by atoms with E-state index < -0.39 is 0 Å². The van der Waals surface area contributed by atoms with Crippen molar-refractivity contribution in [3.05, 3.63) is 72.1 Å². The van der Waals surface area contributed by atoms with Gasteiger partial charge in [0.05, 0.1) is 19.3 Å². The number of amides is 1. The van der Waals surface area contributed by atoms with E-state index in [2.05, 4.69) is 40.2 Å². The topological polar surface area (TPSA) is 46.5 Å². The van der Waals surface area contributed by atoms with Gasteiger partial charge in [-0.05, 0) is 29.0 Å². The molecule has 0 radical (unpaired) electrons. The summed E-state index contributed by atoms with van der Waals surface area (Å²) in [5.74, 6) is -0.0285. The van der Waals surface area contributed by atoms with Gasteiger partial charge in [0.1, 0.15) is 0 Å². The fourth-order valence-corrected chi connectivity index (χ4v) is 3.84. The van der Waals surface area contributed by atoms with Gasteiger partial charge >= 0.3 is 0 Å². The predicted octanol–water partition coefficient (Wildman–Crippen LogP) is 2.98. The second kappa shape index (κ2) is 7.94. The fraction of sp³-hybridized carbons (Fsp3) is 0.318. The molecule has 1 atom stereocenters. The van der Waals surface area contributed by atoms with Crippen LogP contribution in [0.25, 0.3) is 10.8 Å². The normalized spacial score (nSPS) is 16.3. The summed E-state index contributed by atoms with van der Waals surface area (Å²) in [6.07, 6.45) is 2.05. The average Bonchev–Trinajstić information content (AvgIpc) is 3.14. The highest BCUT2D eigenvalue weighted by Gasteiger charge is 2.25. The molecule has 1 aliphatic heterocycles. The number of nitrogens with zero attached hydrogens (tertiary/aromatic N) is 2. The Morgan fingerprint density at radius 3 is 2.63 bits per heavy atom. The molecular weight excluding hydrogens is 338 g/mol. The van der Waals surface area contributed by atoms with Crippen molar-refractivity contribution in [3.8, 4) is 0 Å². The molecule has 2 aromatic carbocycles. The molecular formula is C22H25N3O2. The number of nitrogens with one attached hydrogen (secondary N) is 1. The van der Waals surface area contributed by atoms with Crippen LogP contribution in [0.4, 0.5) is 0 Å². The van der Waals surface area contributed by atoms with Gasteiger partial charge in [-0.1, -0.05) is 36.4 Å². The fourth-order valence-electron chi connectivity index (χ4n) is 3.84. The Kier molecular flexibility index (Phi) is 5.23. The Labute approximate surface area is 159 Å². The summed E-state index contributed by atoms with van der Waals surface area (Å²) in [6.45, 7) is 3.79. The predicted molar refractivity (Wildman–Crippen MR) is 107 cm³/mol. The highest BCUT2D eigenvalue weighted by molar-refractivity contribution is 6.07. The first-order chi connectivity index (χ1) is 13.2. The van der Waals surface area contributed by atoms with Crippen LogP contribution in [0.2, 0.25) is 0 Å². The number of rotatable bonds is 5. The van der Waals surface area contributed by atoms with Crippen LogP contribution in [0.5, 0.6) is 0 Å². The molecule has 5 nitrogen and oxygen atoms in total. The van der Waals surface area contributed by atoms with E-state index in [1.807, 2.05) is 42.5 Å². The third-order valence-corrected chi connectivity index (χ3v) is 5.30. The molecule has 140 valence electrons. The molecule has 3 aromatic rings. The zero-order valence-corrected chi connectivity index (χ0v) is 15.6. The van der Waals surface area contributed by atoms with Gasteiger partial charge in [0.25, 0.3) is 5.91 Å². The molecule has 1 N–H and O–H groups in total. The van der Waals surface area contributed by atoms with Gasteiger partial charge in [-0.2, -0.15) is 0 Å². The number of aryl methyl sites for hydroxylation is 1. The number of benzene rings is 2. The SMILES string of the molecule is Cn1cccc1C(CNC(=O)c1cccc2ccccc12)N1CCOCC1. The van der Waals surface area contributed by atoms with Crippen LogP contribution in [0, 0.1) is 0 Å². The van der Waals surface area contributed by atoms with Crippen LogP contribution in [0.3, 0.4) is 0 Å². The van der Waals surface area contributed by atoms with Gasteiger partial charge in [-0.3, -0.25) is 9.69 Å². The molecule has 1 aromatic heterocycles. The molecule has 0 spiro atoms. The third-order valence-electron chi connectivity index (χ3n) is 5.30. The molecule has 27 heavy (non-hydrogen) atoms. The number of carbonyl (C=O) groups excluding carboxylic acids is 1. The molecule has 1 saturated heterocycles. The zero-order chi connectivity index (χ0) is 18.6. The lowest BCUT2D eigenvalue weighted by molar-refractivity contribution is 0.0148. The van der Waals surface area contributed by atoms with Crippen molar-refractivity contribution in [2.45, 2.75) is 6.04 Å². The largest absolute Gasteiger partial charge is 0.379 e. The van der Waals surface area contributed by atoms with Crippen LogP contribution >= 0.6 is 0 Å². The third kappa shape index (κ3) is 3.75. The summed E-state index contributed by atoms with van der Waals surface area (Å²) < 4.78 is 7.63. The molecule has 1 fully saturated rings. The molecule has 0 aliphatic carbocycles. The second-order valence-electron chi connectivity index (χ2n) is 6.94. The second-order valence-corrected chi connectivity index (χ2v) is 6.94. The maximum atomic E-state index is 12.9. The minimum atomic E-state index is -0.0285. The quantitative estimate of drug-likeness (QED) is 0.758. The summed E-state index contributed by atoms with van der Waals surface area (Å²) in [4.78, 5) is 15.3. The van der Waals surface area contributed by atoms with Crippen molar-refractivity contribution in [3.63, 3.8) is 0 Å². The number of aromatic nitrogens is 1. The Morgan fingerprint density at radius 2 is 1.85 bits per heavy atom. The van der Waals surface area contributed by atoms with E-state index in [1.54, 1.807) is 0 Å². The molecule has 0 bridgehead atoms. The molecule has 1 unspecified atom stereocenters. The van der Waals surface area contributed by atoms with E-state index in [0.717, 1.165) is 42.6 Å². The Balaban J connectivity index is 1.55. The summed E-state index contributed by atoms with van der Waals surface area (Å²) in [5.41, 5.74) is 1.93. The molecule has 2 heterocycles. The van der Waals surface area contributed by atoms with Crippen LogP contribution < -0.4 is 5.32 Å². The Morgan fingerprint density at radius 1 is 1.07 bits per heavy atom. The van der Waals surface area contributed by atoms with Gasteiger partial charge < -0.3 is 14.6 Å². The number of ether oxygens (including phenoxy) is 1. The van der Waals surface area contributed by atoms with E-state index in [4.69, 9.17) is 4.74 Å². The lowest BCUT2D eigenvalue weighted by Gasteiger charge is -2.35. The van der Waals surface area contributed by atoms with Crippen molar-refractivity contribution in [1.29, 1.82) is 0 Å². The number of morpholine rings is 1. The van der Waals surface area contributed by atoms with Crippen molar-refractivity contribution >= 4 is 16.7 Å². The van der Waals surface area contributed by atoms with Gasteiger partial charge in [0.2, 0.25) is 0 Å². The van der Waals surface area contributed by atoms with Crippen molar-refractivity contribution < 1.29 is 9.53 Å². The van der Waals surface area contributed by atoms with Crippen molar-refractivity contribution in [2.75, 3.05) is 32.8 Å². The molecule has 5 heteroatoms. The summed E-state index contributed by atoms with van der Waals surface area (Å²) in [7, 11) is 2.05. The van der Waals surface area contributed by atoms with Crippen LogP contribution in [0.15, 0.2) is 60.8 Å². The lowest BCUT2D eigenvalue weighted by atomic mass is 10.0. The van der Waals surface area contributed by atoms with E-state index in [-0.39, 0.29) is 11.9 Å². The van der Waals surface area contributed by atoms with Gasteiger partial charge in [0, 0.05) is 44.1 Å². The molecule has 0 saturated carbocycles. The highest BCUT2D eigenvalue weighted by Crippen LogP contribution is 2.22. The minimum absolute atomic E-state index is 0.0285. The summed E-state index contributed by atoms with van der Waals surface area (Å²) in [5, 5.41) is 5.24. The first-order valence-corrected chi connectivity index (χ1v) is 9.43. The smallest absolute Gasteiger partial charge is 0.251 e. The van der Waals surface area contributed by atoms with Crippen LogP contribution in [-0.2, 0) is 11.8 Å². The Bertz CT molecular complexity index is 923. The first kappa shape index (κ1) is 17.8. The minimum Gasteiger partial charge on any atom is -0.379 e. The molecule has 4 rings (SSSR count). The van der Waals surface area contributed by atoms with Crippen molar-refractivity contribution in [2.24, 2.45) is 7.05 Å². The lowest BCUT2D eigenvalue weighted by Crippen LogP contribution is -2.44. The maximum Gasteiger partial charge on any atom is 0.251 e. The summed E-state index contributed by atoms with van der Waals surface area (Å²) >= 11 is 0. The summed E-state index contributed by atoms with van der Waals surface area (Å²) in [6, 6.07) is 18.2. The standard InChI is InChI=1S/C22H25N3O2/c1-24-11-5-10-20(24)21(25-12-14-27-15-13-25)16-23-22(26)19-9-4-7-17-6-2-3-8-18(17)19/h2-11,21H,12-16H2,1H3,(H,23,26). The van der Waals surface area contributed by atoms with Crippen LogP contribution in [0.1, 0.15) is 22.1 Å². The number of carbonyl (C=O) groups is 1. The number of fused-ring (bicyclic) bond motifs is 1. The average molecular weight is 363 g/mol. The van der Waals surface area contributed by atoms with E-state index in [1.165, 1.54) is 5.69 Å². The van der Waals surface area contributed by atoms with Crippen molar-refractivity contribution in [1.82, 2.24) is 14.8 Å². The molecule has 1 amide bonds. The van der Waals surface area contributed by atoms with Gasteiger partial charge in [-0.15, -0.1) is 0 Å². The van der Waals surface area contributed by atoms with Crippen LogP contribution in [-0.4, -0.2) is 48.2 Å². The number of hydrogen-bond donors (Lipinski definition) is 1. The van der Waals surface area contributed by atoms with E-state index in [9.17, 15) is 4.79 Å². The Hall–Kier alpha value is -2.63. The van der Waals surface area contributed by atoms with Gasteiger partial charge in [0.15, 0.2) is 0 Å². The first-order valence-electron chi connectivity index (χ1n) is 9.43. The number of hydrogen-bond acceptors (Lipinski definition) is 3.